The third-order valence-electron chi connectivity index (χ3n) is 4.04. The Bertz CT molecular complexity index is 621. The summed E-state index contributed by atoms with van der Waals surface area (Å²) in [7, 11) is 0. The fourth-order valence-electron chi connectivity index (χ4n) is 2.92. The van der Waals surface area contributed by atoms with E-state index in [2.05, 4.69) is 37.3 Å². The highest BCUT2D eigenvalue weighted by atomic mass is 35.5. The third kappa shape index (κ3) is 3.24. The van der Waals surface area contributed by atoms with Gasteiger partial charge < -0.3 is 4.74 Å². The van der Waals surface area contributed by atoms with Crippen molar-refractivity contribution in [2.75, 3.05) is 6.61 Å². The largest absolute Gasteiger partial charge is 0.494 e. The summed E-state index contributed by atoms with van der Waals surface area (Å²) in [5.41, 5.74) is 5.24. The maximum absolute atomic E-state index is 6.68. The van der Waals surface area contributed by atoms with E-state index in [1.807, 2.05) is 12.1 Å². The smallest absolute Gasteiger partial charge is 0.119 e. The number of alkyl halides is 1. The van der Waals surface area contributed by atoms with Crippen LogP contribution in [0.3, 0.4) is 0 Å². The van der Waals surface area contributed by atoms with Gasteiger partial charge in [0.05, 0.1) is 12.0 Å². The Kier molecular flexibility index (Phi) is 4.50. The van der Waals surface area contributed by atoms with Crippen LogP contribution in [0, 0.1) is 0 Å². The molecule has 0 fully saturated rings. The van der Waals surface area contributed by atoms with Crippen molar-refractivity contribution in [2.45, 2.75) is 38.0 Å². The lowest BCUT2D eigenvalue weighted by Gasteiger charge is -2.14. The second kappa shape index (κ2) is 6.53. The summed E-state index contributed by atoms with van der Waals surface area (Å²) in [6.45, 7) is 2.86. The SMILES string of the molecule is CCCOc1cccc(C(Cl)c2ccc3c(c2)CCC3)c1. The number of hydrogen-bond acceptors (Lipinski definition) is 1. The van der Waals surface area contributed by atoms with Crippen molar-refractivity contribution in [3.8, 4) is 5.75 Å². The summed E-state index contributed by atoms with van der Waals surface area (Å²) >= 11 is 6.68. The summed E-state index contributed by atoms with van der Waals surface area (Å²) in [6.07, 6.45) is 4.68. The van der Waals surface area contributed by atoms with Crippen molar-refractivity contribution in [1.82, 2.24) is 0 Å². The fourth-order valence-corrected chi connectivity index (χ4v) is 3.20. The van der Waals surface area contributed by atoms with Crippen molar-refractivity contribution in [3.05, 3.63) is 64.7 Å². The van der Waals surface area contributed by atoms with Crippen LogP contribution >= 0.6 is 11.6 Å². The Labute approximate surface area is 131 Å². The molecular formula is C19H21ClO. The molecule has 2 heteroatoms. The van der Waals surface area contributed by atoms with Crippen LogP contribution in [0.5, 0.6) is 5.75 Å². The number of halogens is 1. The van der Waals surface area contributed by atoms with Crippen LogP contribution in [0.2, 0.25) is 0 Å². The molecule has 0 aromatic heterocycles. The first-order valence-electron chi connectivity index (χ1n) is 7.76. The maximum atomic E-state index is 6.68. The summed E-state index contributed by atoms with van der Waals surface area (Å²) in [5.74, 6) is 0.904. The van der Waals surface area contributed by atoms with Gasteiger partial charge in [-0.1, -0.05) is 37.3 Å². The van der Waals surface area contributed by atoms with Crippen LogP contribution in [0.1, 0.15) is 47.4 Å². The molecule has 0 spiro atoms. The van der Waals surface area contributed by atoms with Crippen molar-refractivity contribution in [2.24, 2.45) is 0 Å². The molecule has 0 bridgehead atoms. The zero-order chi connectivity index (χ0) is 14.7. The minimum absolute atomic E-state index is 0.110. The van der Waals surface area contributed by atoms with Gasteiger partial charge in [-0.25, -0.2) is 0 Å². The molecule has 0 saturated heterocycles. The van der Waals surface area contributed by atoms with E-state index in [4.69, 9.17) is 16.3 Å². The van der Waals surface area contributed by atoms with Gasteiger partial charge in [-0.05, 0) is 60.1 Å². The fraction of sp³-hybridized carbons (Fsp3) is 0.368. The molecule has 2 aromatic carbocycles. The number of benzene rings is 2. The van der Waals surface area contributed by atoms with Gasteiger partial charge in [0.1, 0.15) is 5.75 Å². The molecule has 1 aliphatic rings. The number of rotatable bonds is 5. The molecule has 0 amide bonds. The Hall–Kier alpha value is -1.47. The van der Waals surface area contributed by atoms with E-state index in [1.165, 1.54) is 36.0 Å². The molecule has 1 nitrogen and oxygen atoms in total. The normalized spacial score (nSPS) is 14.8. The molecule has 110 valence electrons. The van der Waals surface area contributed by atoms with E-state index >= 15 is 0 Å². The highest BCUT2D eigenvalue weighted by Crippen LogP contribution is 2.33. The van der Waals surface area contributed by atoms with E-state index in [1.54, 1.807) is 0 Å². The van der Waals surface area contributed by atoms with Gasteiger partial charge in [0.15, 0.2) is 0 Å². The molecule has 3 rings (SSSR count). The van der Waals surface area contributed by atoms with E-state index in [0.29, 0.717) is 0 Å². The predicted molar refractivity (Wildman–Crippen MR) is 88.4 cm³/mol. The summed E-state index contributed by atoms with van der Waals surface area (Å²) in [4.78, 5) is 0. The van der Waals surface area contributed by atoms with Crippen molar-refractivity contribution in [3.63, 3.8) is 0 Å². The molecule has 1 atom stereocenters. The minimum atomic E-state index is -0.110. The first kappa shape index (κ1) is 14.5. The van der Waals surface area contributed by atoms with Crippen molar-refractivity contribution < 1.29 is 4.74 Å². The van der Waals surface area contributed by atoms with Crippen LogP contribution in [-0.2, 0) is 12.8 Å². The Morgan fingerprint density at radius 1 is 1.05 bits per heavy atom. The molecule has 0 N–H and O–H groups in total. The first-order valence-corrected chi connectivity index (χ1v) is 8.20. The number of hydrogen-bond donors (Lipinski definition) is 0. The van der Waals surface area contributed by atoms with Crippen molar-refractivity contribution >= 4 is 11.6 Å². The van der Waals surface area contributed by atoms with Crippen LogP contribution in [0.15, 0.2) is 42.5 Å². The van der Waals surface area contributed by atoms with Gasteiger partial charge >= 0.3 is 0 Å². The van der Waals surface area contributed by atoms with Crippen LogP contribution in [0.25, 0.3) is 0 Å². The summed E-state index contributed by atoms with van der Waals surface area (Å²) in [5, 5.41) is -0.110. The van der Waals surface area contributed by atoms with E-state index in [-0.39, 0.29) is 5.38 Å². The maximum Gasteiger partial charge on any atom is 0.119 e. The van der Waals surface area contributed by atoms with Gasteiger partial charge in [0, 0.05) is 0 Å². The Morgan fingerprint density at radius 2 is 1.86 bits per heavy atom. The zero-order valence-corrected chi connectivity index (χ0v) is 13.2. The lowest BCUT2D eigenvalue weighted by Crippen LogP contribution is -1.98. The van der Waals surface area contributed by atoms with E-state index in [9.17, 15) is 0 Å². The second-order valence-corrected chi connectivity index (χ2v) is 6.10. The van der Waals surface area contributed by atoms with Gasteiger partial charge in [0.25, 0.3) is 0 Å². The summed E-state index contributed by atoms with van der Waals surface area (Å²) < 4.78 is 5.70. The standard InChI is InChI=1S/C19H21ClO/c1-2-11-21-18-8-4-7-16(13-18)19(20)17-10-9-14-5-3-6-15(14)12-17/h4,7-10,12-13,19H,2-3,5-6,11H2,1H3. The molecule has 2 aromatic rings. The van der Waals surface area contributed by atoms with Crippen LogP contribution < -0.4 is 4.74 Å². The molecule has 21 heavy (non-hydrogen) atoms. The predicted octanol–water partition coefficient (Wildman–Crippen LogP) is 5.29. The van der Waals surface area contributed by atoms with E-state index < -0.39 is 0 Å². The first-order chi connectivity index (χ1) is 10.3. The Balaban J connectivity index is 1.82. The zero-order valence-electron chi connectivity index (χ0n) is 12.4. The summed E-state index contributed by atoms with van der Waals surface area (Å²) in [6, 6.07) is 14.8. The second-order valence-electron chi connectivity index (χ2n) is 5.67. The van der Waals surface area contributed by atoms with Gasteiger partial charge in [-0.3, -0.25) is 0 Å². The lowest BCUT2D eigenvalue weighted by molar-refractivity contribution is 0.317. The number of fused-ring (bicyclic) bond motifs is 1. The molecular weight excluding hydrogens is 280 g/mol. The molecule has 1 aliphatic carbocycles. The van der Waals surface area contributed by atoms with E-state index in [0.717, 1.165) is 24.3 Å². The molecule has 0 aliphatic heterocycles. The van der Waals surface area contributed by atoms with Gasteiger partial charge in [0.2, 0.25) is 0 Å². The lowest BCUT2D eigenvalue weighted by atomic mass is 10.00. The highest BCUT2D eigenvalue weighted by molar-refractivity contribution is 6.22. The average Bonchev–Trinajstić information content (AvgIpc) is 3.00. The van der Waals surface area contributed by atoms with Crippen LogP contribution in [0.4, 0.5) is 0 Å². The molecule has 0 heterocycles. The highest BCUT2D eigenvalue weighted by Gasteiger charge is 2.16. The van der Waals surface area contributed by atoms with Crippen LogP contribution in [-0.4, -0.2) is 6.61 Å². The topological polar surface area (TPSA) is 9.23 Å². The average molecular weight is 301 g/mol. The minimum Gasteiger partial charge on any atom is -0.494 e. The van der Waals surface area contributed by atoms with Gasteiger partial charge in [-0.2, -0.15) is 0 Å². The molecule has 0 saturated carbocycles. The van der Waals surface area contributed by atoms with Crippen molar-refractivity contribution in [1.29, 1.82) is 0 Å². The molecule has 1 unspecified atom stereocenters. The Morgan fingerprint density at radius 3 is 2.71 bits per heavy atom. The van der Waals surface area contributed by atoms with Gasteiger partial charge in [-0.15, -0.1) is 11.6 Å². The monoisotopic (exact) mass is 300 g/mol. The number of aryl methyl sites for hydroxylation is 2. The third-order valence-corrected chi connectivity index (χ3v) is 4.54. The molecule has 0 radical (unpaired) electrons. The quantitative estimate of drug-likeness (QED) is 0.682. The number of ether oxygens (including phenoxy) is 1.